The maximum atomic E-state index is 3.16. The molecule has 0 aliphatic rings. The van der Waals surface area contributed by atoms with Crippen LogP contribution in [0.3, 0.4) is 0 Å². The predicted octanol–water partition coefficient (Wildman–Crippen LogP) is 5.76. The van der Waals surface area contributed by atoms with Crippen LogP contribution in [0, 0.1) is 25.7 Å². The number of hydrogen-bond acceptors (Lipinski definition) is 0. The van der Waals surface area contributed by atoms with E-state index in [0.717, 1.165) is 11.1 Å². The van der Waals surface area contributed by atoms with Gasteiger partial charge < -0.3 is 0 Å². The molecule has 0 aromatic heterocycles. The number of benzene rings is 2. The predicted molar refractivity (Wildman–Crippen MR) is 91.0 cm³/mol. The van der Waals surface area contributed by atoms with E-state index < -0.39 is 0 Å². The van der Waals surface area contributed by atoms with Gasteiger partial charge in [-0.3, -0.25) is 0 Å². The van der Waals surface area contributed by atoms with Crippen LogP contribution in [0.4, 0.5) is 0 Å². The molecule has 106 valence electrons. The first-order valence-corrected chi connectivity index (χ1v) is 7.39. The fourth-order valence-electron chi connectivity index (χ4n) is 1.42. The molecule has 2 rings (SSSR count). The maximum Gasteiger partial charge on any atom is 0.0249 e. The molecule has 0 unspecified atom stereocenters. The second-order valence-electron chi connectivity index (χ2n) is 3.98. The van der Waals surface area contributed by atoms with E-state index in [2.05, 4.69) is 74.2 Å². The highest BCUT2D eigenvalue weighted by Gasteiger charge is 1.88. The highest BCUT2D eigenvalue weighted by molar-refractivity contribution is 5.43. The molecule has 20 heavy (non-hydrogen) atoms. The third-order valence-corrected chi connectivity index (χ3v) is 2.45. The second-order valence-corrected chi connectivity index (χ2v) is 3.98. The van der Waals surface area contributed by atoms with Crippen molar-refractivity contribution in [1.29, 1.82) is 0 Å². The number of aryl methyl sites for hydroxylation is 2. The maximum absolute atomic E-state index is 3.16. The molecule has 0 atom stereocenters. The molecular formula is C20H26. The minimum Gasteiger partial charge on any atom is -0.0683 e. The van der Waals surface area contributed by atoms with Crippen molar-refractivity contribution in [2.24, 2.45) is 0 Å². The van der Waals surface area contributed by atoms with Crippen molar-refractivity contribution in [2.45, 2.75) is 41.5 Å². The van der Waals surface area contributed by atoms with Crippen molar-refractivity contribution in [2.75, 3.05) is 0 Å². The molecule has 0 saturated heterocycles. The zero-order valence-corrected chi connectivity index (χ0v) is 13.6. The zero-order valence-electron chi connectivity index (χ0n) is 13.6. The highest BCUT2D eigenvalue weighted by Crippen LogP contribution is 2.03. The molecule has 0 bridgehead atoms. The van der Waals surface area contributed by atoms with Crippen molar-refractivity contribution < 1.29 is 0 Å². The first-order valence-electron chi connectivity index (χ1n) is 7.39. The van der Waals surface area contributed by atoms with Gasteiger partial charge >= 0.3 is 0 Å². The van der Waals surface area contributed by atoms with Crippen LogP contribution in [0.25, 0.3) is 0 Å². The number of rotatable bonds is 0. The molecule has 0 saturated carbocycles. The average molecular weight is 266 g/mol. The van der Waals surface area contributed by atoms with Crippen LogP contribution in [-0.4, -0.2) is 0 Å². The van der Waals surface area contributed by atoms with Crippen molar-refractivity contribution in [1.82, 2.24) is 0 Å². The fourth-order valence-corrected chi connectivity index (χ4v) is 1.42. The van der Waals surface area contributed by atoms with Crippen LogP contribution in [0.15, 0.2) is 48.5 Å². The van der Waals surface area contributed by atoms with Crippen molar-refractivity contribution in [3.05, 3.63) is 70.8 Å². The lowest BCUT2D eigenvalue weighted by atomic mass is 10.1. The van der Waals surface area contributed by atoms with Gasteiger partial charge in [0.05, 0.1) is 0 Å². The molecule has 0 aliphatic heterocycles. The quantitative estimate of drug-likeness (QED) is 0.532. The van der Waals surface area contributed by atoms with Gasteiger partial charge in [0.2, 0.25) is 0 Å². The molecule has 2 aromatic carbocycles. The van der Waals surface area contributed by atoms with Gasteiger partial charge in [0.25, 0.3) is 0 Å². The Kier molecular flexibility index (Phi) is 9.79. The Balaban J connectivity index is 0.000000829. The lowest BCUT2D eigenvalue weighted by Gasteiger charge is -1.93. The van der Waals surface area contributed by atoms with Gasteiger partial charge in [-0.2, -0.15) is 0 Å². The van der Waals surface area contributed by atoms with Gasteiger partial charge in [-0.1, -0.05) is 74.9 Å². The lowest BCUT2D eigenvalue weighted by molar-refractivity contribution is 1.45. The molecule has 0 heterocycles. The summed E-state index contributed by atoms with van der Waals surface area (Å²) in [5.74, 6) is 6.32. The second kappa shape index (κ2) is 10.9. The van der Waals surface area contributed by atoms with Gasteiger partial charge in [0.15, 0.2) is 0 Å². The normalized spacial score (nSPS) is 8.10. The van der Waals surface area contributed by atoms with Crippen LogP contribution in [-0.2, 0) is 0 Å². The zero-order chi connectivity index (χ0) is 15.4. The Labute approximate surface area is 124 Å². The summed E-state index contributed by atoms with van der Waals surface area (Å²) in [5.41, 5.74) is 4.65. The Morgan fingerprint density at radius 1 is 0.500 bits per heavy atom. The third kappa shape index (κ3) is 6.81. The van der Waals surface area contributed by atoms with Gasteiger partial charge in [-0.05, 0) is 38.1 Å². The summed E-state index contributed by atoms with van der Waals surface area (Å²) in [6, 6.07) is 16.5. The highest BCUT2D eigenvalue weighted by atomic mass is 13.9. The molecule has 0 N–H and O–H groups in total. The van der Waals surface area contributed by atoms with E-state index in [1.54, 1.807) is 0 Å². The Hall–Kier alpha value is -2.00. The summed E-state index contributed by atoms with van der Waals surface area (Å²) in [6.45, 7) is 12.2. The van der Waals surface area contributed by atoms with Crippen molar-refractivity contribution in [3.63, 3.8) is 0 Å². The van der Waals surface area contributed by atoms with Crippen LogP contribution in [0.5, 0.6) is 0 Å². The monoisotopic (exact) mass is 266 g/mol. The minimum absolute atomic E-state index is 1.06. The molecule has 0 fully saturated rings. The minimum atomic E-state index is 1.06. The molecule has 0 radical (unpaired) electrons. The topological polar surface area (TPSA) is 0 Å². The largest absolute Gasteiger partial charge is 0.0683 e. The van der Waals surface area contributed by atoms with Gasteiger partial charge in [-0.15, -0.1) is 0 Å². The summed E-state index contributed by atoms with van der Waals surface area (Å²) >= 11 is 0. The average Bonchev–Trinajstić information content (AvgIpc) is 2.52. The third-order valence-electron chi connectivity index (χ3n) is 2.45. The molecule has 2 aromatic rings. The fraction of sp³-hybridized carbons (Fsp3) is 0.300. The smallest absolute Gasteiger partial charge is 0.0249 e. The molecule has 0 nitrogen and oxygen atoms in total. The van der Waals surface area contributed by atoms with Crippen LogP contribution < -0.4 is 0 Å². The summed E-state index contributed by atoms with van der Waals surface area (Å²) in [6.07, 6.45) is 0. The SMILES string of the molecule is CC.CC.Cc1ccc(C#Cc2ccc(C)cc2)cc1. The van der Waals surface area contributed by atoms with E-state index >= 15 is 0 Å². The Bertz CT molecular complexity index is 469. The van der Waals surface area contributed by atoms with Gasteiger partial charge in [-0.25, -0.2) is 0 Å². The first-order chi connectivity index (χ1) is 9.74. The molecular weight excluding hydrogens is 240 g/mol. The van der Waals surface area contributed by atoms with E-state index in [-0.39, 0.29) is 0 Å². The summed E-state index contributed by atoms with van der Waals surface area (Å²) in [5, 5.41) is 0. The van der Waals surface area contributed by atoms with E-state index in [0.29, 0.717) is 0 Å². The van der Waals surface area contributed by atoms with Crippen molar-refractivity contribution in [3.8, 4) is 11.8 Å². The standard InChI is InChI=1S/C16H14.2C2H6/c1-13-3-7-15(8-4-13)11-12-16-9-5-14(2)6-10-16;2*1-2/h3-10H,1-2H3;2*1-2H3. The molecule has 0 amide bonds. The molecule has 0 spiro atoms. The van der Waals surface area contributed by atoms with Crippen molar-refractivity contribution >= 4 is 0 Å². The summed E-state index contributed by atoms with van der Waals surface area (Å²) in [7, 11) is 0. The molecule has 0 aliphatic carbocycles. The number of hydrogen-bond donors (Lipinski definition) is 0. The Morgan fingerprint density at radius 2 is 0.750 bits per heavy atom. The first kappa shape index (κ1) is 18.0. The Morgan fingerprint density at radius 3 is 1.00 bits per heavy atom. The van der Waals surface area contributed by atoms with E-state index in [1.165, 1.54) is 11.1 Å². The van der Waals surface area contributed by atoms with Gasteiger partial charge in [0.1, 0.15) is 0 Å². The summed E-state index contributed by atoms with van der Waals surface area (Å²) in [4.78, 5) is 0. The summed E-state index contributed by atoms with van der Waals surface area (Å²) < 4.78 is 0. The van der Waals surface area contributed by atoms with E-state index in [1.807, 2.05) is 27.7 Å². The van der Waals surface area contributed by atoms with Crippen LogP contribution >= 0.6 is 0 Å². The lowest BCUT2D eigenvalue weighted by Crippen LogP contribution is -1.77. The molecule has 0 heteroatoms. The van der Waals surface area contributed by atoms with E-state index in [4.69, 9.17) is 0 Å². The van der Waals surface area contributed by atoms with Gasteiger partial charge in [0, 0.05) is 11.1 Å². The van der Waals surface area contributed by atoms with Crippen LogP contribution in [0.1, 0.15) is 49.9 Å². The van der Waals surface area contributed by atoms with Crippen LogP contribution in [0.2, 0.25) is 0 Å². The van der Waals surface area contributed by atoms with E-state index in [9.17, 15) is 0 Å².